The number of hydrogen-bond acceptors (Lipinski definition) is 9. The predicted octanol–water partition coefficient (Wildman–Crippen LogP) is -0.0292. The second kappa shape index (κ2) is 12.5. The second-order valence-electron chi connectivity index (χ2n) is 4.98. The van der Waals surface area contributed by atoms with Crippen LogP contribution in [0.4, 0.5) is 5.95 Å². The average molecular weight is 355 g/mol. The Balaban J connectivity index is 0.000000391. The van der Waals surface area contributed by atoms with Gasteiger partial charge in [0, 0.05) is 20.0 Å². The lowest BCUT2D eigenvalue weighted by Crippen LogP contribution is -2.08. The van der Waals surface area contributed by atoms with Crippen LogP contribution in [0.3, 0.4) is 0 Å². The van der Waals surface area contributed by atoms with Crippen LogP contribution in [-0.4, -0.2) is 57.3 Å². The molecule has 0 unspecified atom stereocenters. The monoisotopic (exact) mass is 355 g/mol. The Morgan fingerprint density at radius 2 is 1.48 bits per heavy atom. The van der Waals surface area contributed by atoms with Crippen LogP contribution < -0.4 is 5.73 Å². The summed E-state index contributed by atoms with van der Waals surface area (Å²) in [7, 11) is 0. The van der Waals surface area contributed by atoms with E-state index in [1.807, 2.05) is 13.8 Å². The Morgan fingerprint density at radius 1 is 1.00 bits per heavy atom. The minimum atomic E-state index is -0.833. The molecule has 0 aliphatic carbocycles. The molecule has 140 valence electrons. The van der Waals surface area contributed by atoms with Crippen LogP contribution in [0.25, 0.3) is 0 Å². The maximum atomic E-state index is 10.8. The van der Waals surface area contributed by atoms with Gasteiger partial charge in [-0.05, 0) is 40.6 Å². The fraction of sp³-hybridized carbons (Fsp3) is 0.692. The molecule has 0 saturated carbocycles. The van der Waals surface area contributed by atoms with E-state index < -0.39 is 5.97 Å². The van der Waals surface area contributed by atoms with Crippen molar-refractivity contribution in [1.29, 1.82) is 0 Å². The Hall–Kier alpha value is -2.92. The van der Waals surface area contributed by atoms with Gasteiger partial charge in [0.1, 0.15) is 5.78 Å². The summed E-state index contributed by atoms with van der Waals surface area (Å²) in [5, 5.41) is 29.0. The van der Waals surface area contributed by atoms with Crippen molar-refractivity contribution < 1.29 is 14.7 Å². The Labute approximate surface area is 145 Å². The summed E-state index contributed by atoms with van der Waals surface area (Å²) in [6.07, 6.45) is 2.29. The van der Waals surface area contributed by atoms with Crippen LogP contribution in [0.15, 0.2) is 0 Å². The highest BCUT2D eigenvalue weighted by Crippen LogP contribution is 1.95. The summed E-state index contributed by atoms with van der Waals surface area (Å²) >= 11 is 0. The van der Waals surface area contributed by atoms with E-state index in [1.54, 1.807) is 9.36 Å². The minimum absolute atomic E-state index is 0.0853. The van der Waals surface area contributed by atoms with Crippen LogP contribution in [0, 0.1) is 0 Å². The van der Waals surface area contributed by atoms with Gasteiger partial charge in [-0.1, -0.05) is 18.9 Å². The highest BCUT2D eigenvalue weighted by Gasteiger charge is 2.06. The minimum Gasteiger partial charge on any atom is -0.481 e. The number of nitrogens with two attached hydrogens (primary N) is 1. The van der Waals surface area contributed by atoms with Crippen molar-refractivity contribution >= 4 is 17.7 Å². The van der Waals surface area contributed by atoms with Crippen molar-refractivity contribution in [2.24, 2.45) is 0 Å². The first-order valence-corrected chi connectivity index (χ1v) is 7.77. The van der Waals surface area contributed by atoms with E-state index in [1.165, 1.54) is 6.92 Å². The lowest BCUT2D eigenvalue weighted by atomic mass is 10.3. The maximum Gasteiger partial charge on any atom is 0.300 e. The molecule has 3 N–H and O–H groups in total. The second-order valence-corrected chi connectivity index (χ2v) is 4.98. The largest absolute Gasteiger partial charge is 0.481 e. The van der Waals surface area contributed by atoms with E-state index in [2.05, 4.69) is 31.1 Å². The van der Waals surface area contributed by atoms with Crippen LogP contribution in [0.5, 0.6) is 0 Å². The van der Waals surface area contributed by atoms with Gasteiger partial charge in [0.05, 0.1) is 6.42 Å². The topological polar surface area (TPSA) is 168 Å². The number of carbonyl (C=O) groups is 2. The molecule has 0 radical (unpaired) electrons. The molecule has 0 amide bonds. The zero-order chi connectivity index (χ0) is 19.2. The number of rotatable bonds is 6. The van der Waals surface area contributed by atoms with E-state index in [0.29, 0.717) is 18.2 Å². The van der Waals surface area contributed by atoms with Crippen LogP contribution >= 0.6 is 0 Å². The summed E-state index contributed by atoms with van der Waals surface area (Å²) < 4.78 is 3.24. The number of tetrazole rings is 2. The molecule has 0 spiro atoms. The number of aliphatic carboxylic acids is 1. The van der Waals surface area contributed by atoms with Gasteiger partial charge in [-0.3, -0.25) is 9.59 Å². The molecule has 0 bridgehead atoms. The molecule has 2 heterocycles. The Morgan fingerprint density at radius 3 is 1.92 bits per heavy atom. The number of ketones is 1. The summed E-state index contributed by atoms with van der Waals surface area (Å²) in [4.78, 5) is 19.8. The number of hydrogen-bond donors (Lipinski definition) is 2. The SMILES string of the molecule is CC(=O)O.CCCn1nnnc1CC(C)=O.CCCn1nnnc1N. The smallest absolute Gasteiger partial charge is 0.300 e. The third kappa shape index (κ3) is 10.5. The maximum absolute atomic E-state index is 10.8. The van der Waals surface area contributed by atoms with Crippen molar-refractivity contribution in [2.75, 3.05) is 5.73 Å². The molecule has 2 aromatic heterocycles. The first-order valence-electron chi connectivity index (χ1n) is 7.77. The number of nitrogens with zero attached hydrogens (tertiary/aromatic N) is 8. The van der Waals surface area contributed by atoms with Crippen molar-refractivity contribution in [1.82, 2.24) is 40.4 Å². The van der Waals surface area contributed by atoms with E-state index in [0.717, 1.165) is 32.9 Å². The number of aryl methyl sites for hydroxylation is 2. The third-order valence-corrected chi connectivity index (χ3v) is 2.44. The molecule has 0 saturated heterocycles. The molecule has 25 heavy (non-hydrogen) atoms. The zero-order valence-electron chi connectivity index (χ0n) is 15.0. The molecule has 2 rings (SSSR count). The molecular formula is C13H25N9O3. The number of nitrogen functional groups attached to an aromatic ring is 1. The highest BCUT2D eigenvalue weighted by molar-refractivity contribution is 5.77. The van der Waals surface area contributed by atoms with Crippen LogP contribution in [-0.2, 0) is 29.1 Å². The summed E-state index contributed by atoms with van der Waals surface area (Å²) in [5.41, 5.74) is 5.35. The Kier molecular flexibility index (Phi) is 11.0. The molecule has 0 atom stereocenters. The number of carbonyl (C=O) groups excluding carboxylic acids is 1. The lowest BCUT2D eigenvalue weighted by Gasteiger charge is -1.98. The predicted molar refractivity (Wildman–Crippen MR) is 88.3 cm³/mol. The number of anilines is 1. The first kappa shape index (κ1) is 22.1. The summed E-state index contributed by atoms with van der Waals surface area (Å²) in [6.45, 7) is 8.26. The number of Topliss-reactive ketones (excluding diaryl/α,β-unsaturated/α-hetero) is 1. The van der Waals surface area contributed by atoms with Gasteiger partial charge >= 0.3 is 0 Å². The molecular weight excluding hydrogens is 330 g/mol. The van der Waals surface area contributed by atoms with E-state index in [4.69, 9.17) is 15.6 Å². The first-order chi connectivity index (χ1) is 11.8. The zero-order valence-corrected chi connectivity index (χ0v) is 15.0. The molecule has 12 heteroatoms. The summed E-state index contributed by atoms with van der Waals surface area (Å²) in [6, 6.07) is 0. The van der Waals surface area contributed by atoms with Crippen molar-refractivity contribution in [3.05, 3.63) is 5.82 Å². The van der Waals surface area contributed by atoms with Gasteiger partial charge in [0.2, 0.25) is 5.95 Å². The van der Waals surface area contributed by atoms with Gasteiger partial charge in [-0.2, -0.15) is 0 Å². The number of aromatic nitrogens is 8. The van der Waals surface area contributed by atoms with Gasteiger partial charge in [0.25, 0.3) is 5.97 Å². The van der Waals surface area contributed by atoms with Crippen molar-refractivity contribution in [3.8, 4) is 0 Å². The van der Waals surface area contributed by atoms with Crippen molar-refractivity contribution in [3.63, 3.8) is 0 Å². The van der Waals surface area contributed by atoms with Gasteiger partial charge in [-0.15, -0.1) is 5.10 Å². The molecule has 12 nitrogen and oxygen atoms in total. The third-order valence-electron chi connectivity index (χ3n) is 2.44. The molecule has 0 fully saturated rings. The number of carboxylic acid groups (broad SMARTS) is 1. The molecule has 0 aliphatic heterocycles. The van der Waals surface area contributed by atoms with E-state index in [9.17, 15) is 4.79 Å². The fourth-order valence-electron chi connectivity index (χ4n) is 1.54. The molecule has 0 aliphatic rings. The van der Waals surface area contributed by atoms with Gasteiger partial charge in [0.15, 0.2) is 5.82 Å². The summed E-state index contributed by atoms with van der Waals surface area (Å²) in [5.74, 6) is 0.295. The average Bonchev–Trinajstić information content (AvgIpc) is 3.10. The van der Waals surface area contributed by atoms with Crippen molar-refractivity contribution in [2.45, 2.75) is 60.0 Å². The molecule has 0 aromatic carbocycles. The van der Waals surface area contributed by atoms with E-state index in [-0.39, 0.29) is 5.78 Å². The number of carboxylic acids is 1. The van der Waals surface area contributed by atoms with Crippen LogP contribution in [0.1, 0.15) is 46.4 Å². The van der Waals surface area contributed by atoms with Gasteiger partial charge in [-0.25, -0.2) is 9.36 Å². The Bertz CT molecular complexity index is 634. The van der Waals surface area contributed by atoms with E-state index >= 15 is 0 Å². The standard InChI is InChI=1S/C7H12N4O.C4H9N5.C2H4O2/c1-3-4-11-7(5-6(2)12)8-9-10-11;1-2-3-9-4(5)6-7-8-9;1-2(3)4/h3-5H2,1-2H3;2-3H2,1H3,(H2,5,6,8);1H3,(H,3,4). The quantitative estimate of drug-likeness (QED) is 0.717. The lowest BCUT2D eigenvalue weighted by molar-refractivity contribution is -0.134. The fourth-order valence-corrected chi connectivity index (χ4v) is 1.54. The normalized spacial score (nSPS) is 9.44. The van der Waals surface area contributed by atoms with Gasteiger partial charge < -0.3 is 10.8 Å². The highest BCUT2D eigenvalue weighted by atomic mass is 16.4. The van der Waals surface area contributed by atoms with Crippen LogP contribution in [0.2, 0.25) is 0 Å². The molecule has 2 aromatic rings.